The van der Waals surface area contributed by atoms with E-state index >= 15 is 0 Å². The van der Waals surface area contributed by atoms with Crippen molar-refractivity contribution >= 4 is 0 Å². The first-order valence-electron chi connectivity index (χ1n) is 6.32. The number of hydrogen-bond acceptors (Lipinski definition) is 2. The maximum absolute atomic E-state index is 5.85. The van der Waals surface area contributed by atoms with E-state index < -0.39 is 0 Å². The minimum atomic E-state index is 0.549. The smallest absolute Gasteiger partial charge is 0.0621 e. The Morgan fingerprint density at radius 2 is 2.06 bits per heavy atom. The lowest BCUT2D eigenvalue weighted by molar-refractivity contribution is 0.0924. The third-order valence-corrected chi connectivity index (χ3v) is 3.81. The Balaban J connectivity index is 1.44. The van der Waals surface area contributed by atoms with Crippen LogP contribution in [-0.2, 0) is 11.3 Å². The van der Waals surface area contributed by atoms with E-state index in [-0.39, 0.29) is 0 Å². The molecule has 1 aromatic rings. The van der Waals surface area contributed by atoms with Gasteiger partial charge in [0.1, 0.15) is 0 Å². The molecular formula is C14H19NO. The second kappa shape index (κ2) is 4.56. The van der Waals surface area contributed by atoms with E-state index in [0.29, 0.717) is 12.2 Å². The molecule has 0 aliphatic carbocycles. The van der Waals surface area contributed by atoms with Gasteiger partial charge in [-0.1, -0.05) is 30.3 Å². The summed E-state index contributed by atoms with van der Waals surface area (Å²) in [5, 5.41) is 3.55. The van der Waals surface area contributed by atoms with Crippen LogP contribution in [0.1, 0.15) is 24.8 Å². The third kappa shape index (κ3) is 2.13. The Morgan fingerprint density at radius 1 is 1.19 bits per heavy atom. The number of fused-ring (bicyclic) bond motifs is 2. The van der Waals surface area contributed by atoms with Crippen LogP contribution in [0.25, 0.3) is 0 Å². The van der Waals surface area contributed by atoms with E-state index in [1.165, 1.54) is 24.8 Å². The summed E-state index contributed by atoms with van der Waals surface area (Å²) in [4.78, 5) is 0. The van der Waals surface area contributed by atoms with Crippen LogP contribution < -0.4 is 5.32 Å². The van der Waals surface area contributed by atoms with E-state index in [1.807, 2.05) is 0 Å². The zero-order valence-corrected chi connectivity index (χ0v) is 9.56. The molecule has 3 rings (SSSR count). The number of hydrogen-bond donors (Lipinski definition) is 1. The second-order valence-corrected chi connectivity index (χ2v) is 4.99. The molecule has 2 nitrogen and oxygen atoms in total. The van der Waals surface area contributed by atoms with Gasteiger partial charge >= 0.3 is 0 Å². The van der Waals surface area contributed by atoms with Crippen LogP contribution in [0.4, 0.5) is 0 Å². The molecule has 0 saturated carbocycles. The maximum atomic E-state index is 5.85. The molecule has 86 valence electrons. The van der Waals surface area contributed by atoms with Gasteiger partial charge in [-0.2, -0.15) is 0 Å². The summed E-state index contributed by atoms with van der Waals surface area (Å²) < 4.78 is 5.85. The summed E-state index contributed by atoms with van der Waals surface area (Å²) in [5.41, 5.74) is 1.37. The van der Waals surface area contributed by atoms with Crippen LogP contribution in [0.3, 0.4) is 0 Å². The Morgan fingerprint density at radius 3 is 2.75 bits per heavy atom. The number of ether oxygens (including phenoxy) is 1. The maximum Gasteiger partial charge on any atom is 0.0621 e. The van der Waals surface area contributed by atoms with Gasteiger partial charge in [0.05, 0.1) is 12.2 Å². The molecule has 1 aromatic carbocycles. The molecular weight excluding hydrogens is 198 g/mol. The fourth-order valence-corrected chi connectivity index (χ4v) is 2.96. The summed E-state index contributed by atoms with van der Waals surface area (Å²) in [6.45, 7) is 2.09. The van der Waals surface area contributed by atoms with Crippen molar-refractivity contribution in [3.8, 4) is 0 Å². The number of rotatable bonds is 4. The van der Waals surface area contributed by atoms with E-state index in [0.717, 1.165) is 19.0 Å². The van der Waals surface area contributed by atoms with Gasteiger partial charge in [0.15, 0.2) is 0 Å². The third-order valence-electron chi connectivity index (χ3n) is 3.81. The first-order chi connectivity index (χ1) is 7.92. The van der Waals surface area contributed by atoms with Gasteiger partial charge in [0, 0.05) is 19.0 Å². The van der Waals surface area contributed by atoms with Crippen molar-refractivity contribution in [2.75, 3.05) is 6.54 Å². The van der Waals surface area contributed by atoms with Gasteiger partial charge in [-0.25, -0.2) is 0 Å². The topological polar surface area (TPSA) is 21.3 Å². The summed E-state index contributed by atoms with van der Waals surface area (Å²) in [5.74, 6) is 0.752. The van der Waals surface area contributed by atoms with Crippen LogP contribution in [0, 0.1) is 5.92 Å². The minimum Gasteiger partial charge on any atom is -0.375 e. The van der Waals surface area contributed by atoms with E-state index in [1.54, 1.807) is 0 Å². The lowest BCUT2D eigenvalue weighted by Gasteiger charge is -2.18. The Bertz CT molecular complexity index is 338. The minimum absolute atomic E-state index is 0.549. The molecule has 3 atom stereocenters. The van der Waals surface area contributed by atoms with Crippen molar-refractivity contribution in [3.05, 3.63) is 35.9 Å². The van der Waals surface area contributed by atoms with E-state index in [4.69, 9.17) is 4.74 Å². The molecule has 2 heterocycles. The first-order valence-corrected chi connectivity index (χ1v) is 6.32. The molecule has 16 heavy (non-hydrogen) atoms. The van der Waals surface area contributed by atoms with Crippen molar-refractivity contribution in [2.45, 2.75) is 38.0 Å². The highest BCUT2D eigenvalue weighted by molar-refractivity contribution is 5.14. The summed E-state index contributed by atoms with van der Waals surface area (Å²) in [7, 11) is 0. The standard InChI is InChI=1S/C14H19NO/c1-2-4-11(5-3-1)9-15-10-12-8-13-6-7-14(12)16-13/h1-5,12-15H,6-10H2. The molecule has 2 saturated heterocycles. The molecule has 1 N–H and O–H groups in total. The molecule has 2 aliphatic rings. The van der Waals surface area contributed by atoms with Crippen LogP contribution in [-0.4, -0.2) is 18.8 Å². The highest BCUT2D eigenvalue weighted by Crippen LogP contribution is 2.38. The SMILES string of the molecule is c1ccc(CNCC2CC3CCC2O3)cc1. The molecule has 2 fully saturated rings. The molecule has 2 heteroatoms. The Labute approximate surface area is 97.0 Å². The average molecular weight is 217 g/mol. The van der Waals surface area contributed by atoms with Gasteiger partial charge < -0.3 is 10.1 Å². The molecule has 0 aromatic heterocycles. The van der Waals surface area contributed by atoms with Crippen molar-refractivity contribution in [1.82, 2.24) is 5.32 Å². The zero-order chi connectivity index (χ0) is 10.8. The fraction of sp³-hybridized carbons (Fsp3) is 0.571. The van der Waals surface area contributed by atoms with Crippen LogP contribution in [0.2, 0.25) is 0 Å². The monoisotopic (exact) mass is 217 g/mol. The van der Waals surface area contributed by atoms with Gasteiger partial charge in [-0.15, -0.1) is 0 Å². The van der Waals surface area contributed by atoms with Gasteiger partial charge in [0.25, 0.3) is 0 Å². The predicted molar refractivity (Wildman–Crippen MR) is 64.2 cm³/mol. The van der Waals surface area contributed by atoms with Crippen LogP contribution >= 0.6 is 0 Å². The highest BCUT2D eigenvalue weighted by Gasteiger charge is 2.40. The summed E-state index contributed by atoms with van der Waals surface area (Å²) in [6.07, 6.45) is 4.97. The lowest BCUT2D eigenvalue weighted by atomic mass is 9.89. The molecule has 0 amide bonds. The lowest BCUT2D eigenvalue weighted by Crippen LogP contribution is -2.29. The summed E-state index contributed by atoms with van der Waals surface area (Å²) >= 11 is 0. The van der Waals surface area contributed by atoms with E-state index in [9.17, 15) is 0 Å². The van der Waals surface area contributed by atoms with Gasteiger partial charge in [-0.3, -0.25) is 0 Å². The quantitative estimate of drug-likeness (QED) is 0.836. The van der Waals surface area contributed by atoms with Crippen molar-refractivity contribution < 1.29 is 4.74 Å². The van der Waals surface area contributed by atoms with Crippen LogP contribution in [0.15, 0.2) is 30.3 Å². The summed E-state index contributed by atoms with van der Waals surface area (Å²) in [6, 6.07) is 10.6. The Kier molecular flexibility index (Phi) is 2.94. The first kappa shape index (κ1) is 10.3. The second-order valence-electron chi connectivity index (χ2n) is 4.99. The number of nitrogens with one attached hydrogen (secondary N) is 1. The Hall–Kier alpha value is -0.860. The van der Waals surface area contributed by atoms with Gasteiger partial charge in [0.2, 0.25) is 0 Å². The van der Waals surface area contributed by atoms with Crippen molar-refractivity contribution in [2.24, 2.45) is 5.92 Å². The molecule has 3 unspecified atom stereocenters. The van der Waals surface area contributed by atoms with Crippen molar-refractivity contribution in [1.29, 1.82) is 0 Å². The fourth-order valence-electron chi connectivity index (χ4n) is 2.96. The zero-order valence-electron chi connectivity index (χ0n) is 9.56. The molecule has 2 bridgehead atoms. The highest BCUT2D eigenvalue weighted by atomic mass is 16.5. The normalized spacial score (nSPS) is 32.1. The largest absolute Gasteiger partial charge is 0.375 e. The molecule has 2 aliphatic heterocycles. The molecule has 0 radical (unpaired) electrons. The predicted octanol–water partition coefficient (Wildman–Crippen LogP) is 2.34. The van der Waals surface area contributed by atoms with Crippen LogP contribution in [0.5, 0.6) is 0 Å². The van der Waals surface area contributed by atoms with E-state index in [2.05, 4.69) is 35.6 Å². The number of benzene rings is 1. The molecule has 0 spiro atoms. The van der Waals surface area contributed by atoms with Gasteiger partial charge in [-0.05, 0) is 24.8 Å². The average Bonchev–Trinajstić information content (AvgIpc) is 2.92. The van der Waals surface area contributed by atoms with Crippen molar-refractivity contribution in [3.63, 3.8) is 0 Å².